The second-order valence-corrected chi connectivity index (χ2v) is 7.88. The zero-order chi connectivity index (χ0) is 18.5. The first kappa shape index (κ1) is 18.2. The Hall–Kier alpha value is -2.18. The largest absolute Gasteiger partial charge is 0.494 e. The number of benzene rings is 2. The molecule has 1 N–H and O–H groups in total. The highest BCUT2D eigenvalue weighted by Gasteiger charge is 2.14. The number of ether oxygens (including phenoxy) is 1. The van der Waals surface area contributed by atoms with Crippen LogP contribution in [0.25, 0.3) is 11.1 Å². The van der Waals surface area contributed by atoms with E-state index in [2.05, 4.69) is 34.6 Å². The molecule has 0 saturated carbocycles. The molecule has 4 rings (SSSR count). The van der Waals surface area contributed by atoms with E-state index in [-0.39, 0.29) is 0 Å². The molecule has 0 amide bonds. The summed E-state index contributed by atoms with van der Waals surface area (Å²) < 4.78 is 11.7. The lowest BCUT2D eigenvalue weighted by molar-refractivity contribution is 0.311. The molecule has 1 fully saturated rings. The van der Waals surface area contributed by atoms with Gasteiger partial charge >= 0.3 is 0 Å². The minimum Gasteiger partial charge on any atom is -0.494 e. The second kappa shape index (κ2) is 8.67. The minimum atomic E-state index is 0.601. The van der Waals surface area contributed by atoms with Crippen molar-refractivity contribution in [1.82, 2.24) is 10.3 Å². The summed E-state index contributed by atoms with van der Waals surface area (Å²) in [6.07, 6.45) is 1.99. The SMILES string of the molecule is CN(CCCOc1ccc(CC2CSCN2)cc1)c1nc2ccccc2o1. The number of aromatic nitrogens is 1. The van der Waals surface area contributed by atoms with Crippen molar-refractivity contribution in [2.45, 2.75) is 18.9 Å². The molecule has 142 valence electrons. The van der Waals surface area contributed by atoms with E-state index in [0.29, 0.717) is 18.7 Å². The van der Waals surface area contributed by atoms with Gasteiger partial charge in [0, 0.05) is 31.3 Å². The van der Waals surface area contributed by atoms with Gasteiger partial charge in [-0.1, -0.05) is 24.3 Å². The van der Waals surface area contributed by atoms with E-state index in [1.165, 1.54) is 11.3 Å². The zero-order valence-corrected chi connectivity index (χ0v) is 16.4. The number of para-hydroxylation sites is 2. The molecule has 0 aliphatic carbocycles. The van der Waals surface area contributed by atoms with E-state index in [4.69, 9.17) is 9.15 Å². The lowest BCUT2D eigenvalue weighted by Crippen LogP contribution is -2.25. The van der Waals surface area contributed by atoms with E-state index in [1.807, 2.05) is 48.0 Å². The summed E-state index contributed by atoms with van der Waals surface area (Å²) in [5, 5.41) is 3.51. The number of fused-ring (bicyclic) bond motifs is 1. The molecule has 6 heteroatoms. The number of thioether (sulfide) groups is 1. The number of rotatable bonds is 8. The first-order valence-corrected chi connectivity index (χ1v) is 10.5. The van der Waals surface area contributed by atoms with Crippen LogP contribution in [0, 0.1) is 0 Å². The first-order chi connectivity index (χ1) is 13.3. The summed E-state index contributed by atoms with van der Waals surface area (Å²) in [6, 6.07) is 17.6. The Morgan fingerprint density at radius 1 is 1.22 bits per heavy atom. The van der Waals surface area contributed by atoms with Gasteiger partial charge in [-0.25, -0.2) is 0 Å². The van der Waals surface area contributed by atoms with E-state index in [9.17, 15) is 0 Å². The molecule has 3 aromatic rings. The molecule has 2 heterocycles. The Kier molecular flexibility index (Phi) is 5.84. The monoisotopic (exact) mass is 383 g/mol. The average molecular weight is 384 g/mol. The second-order valence-electron chi connectivity index (χ2n) is 6.85. The van der Waals surface area contributed by atoms with Crippen molar-refractivity contribution in [3.63, 3.8) is 0 Å². The van der Waals surface area contributed by atoms with Gasteiger partial charge in [-0.2, -0.15) is 4.98 Å². The van der Waals surface area contributed by atoms with Crippen molar-refractivity contribution in [2.75, 3.05) is 36.7 Å². The highest BCUT2D eigenvalue weighted by Crippen LogP contribution is 2.21. The molecule has 1 saturated heterocycles. The van der Waals surface area contributed by atoms with Crippen molar-refractivity contribution in [1.29, 1.82) is 0 Å². The summed E-state index contributed by atoms with van der Waals surface area (Å²) in [6.45, 7) is 1.50. The maximum Gasteiger partial charge on any atom is 0.298 e. The summed E-state index contributed by atoms with van der Waals surface area (Å²) in [7, 11) is 1.99. The van der Waals surface area contributed by atoms with Gasteiger partial charge in [0.05, 0.1) is 6.61 Å². The molecule has 0 radical (unpaired) electrons. The molecule has 1 atom stereocenters. The van der Waals surface area contributed by atoms with Crippen molar-refractivity contribution >= 4 is 28.9 Å². The quantitative estimate of drug-likeness (QED) is 0.595. The zero-order valence-electron chi connectivity index (χ0n) is 15.6. The Morgan fingerprint density at radius 2 is 2.07 bits per heavy atom. The summed E-state index contributed by atoms with van der Waals surface area (Å²) in [5.41, 5.74) is 3.07. The van der Waals surface area contributed by atoms with Crippen molar-refractivity contribution in [2.24, 2.45) is 0 Å². The molecule has 27 heavy (non-hydrogen) atoms. The Balaban J connectivity index is 1.21. The van der Waals surface area contributed by atoms with Crippen LogP contribution in [0.1, 0.15) is 12.0 Å². The van der Waals surface area contributed by atoms with Crippen LogP contribution in [0.3, 0.4) is 0 Å². The minimum absolute atomic E-state index is 0.601. The molecule has 1 aromatic heterocycles. The number of nitrogens with zero attached hydrogens (tertiary/aromatic N) is 2. The van der Waals surface area contributed by atoms with Crippen LogP contribution in [-0.2, 0) is 6.42 Å². The standard InChI is InChI=1S/C21H25N3O2S/c1-24(21-23-19-5-2-3-6-20(19)26-21)11-4-12-25-18-9-7-16(8-10-18)13-17-14-27-15-22-17/h2-3,5-10,17,22H,4,11-15H2,1H3. The van der Waals surface area contributed by atoms with E-state index < -0.39 is 0 Å². The third kappa shape index (κ3) is 4.76. The molecule has 1 unspecified atom stereocenters. The number of nitrogens with one attached hydrogen (secondary N) is 1. The predicted octanol–water partition coefficient (Wildman–Crippen LogP) is 3.94. The average Bonchev–Trinajstić information content (AvgIpc) is 3.35. The van der Waals surface area contributed by atoms with Crippen LogP contribution in [-0.4, -0.2) is 42.9 Å². The maximum absolute atomic E-state index is 5.88. The summed E-state index contributed by atoms with van der Waals surface area (Å²) in [5.74, 6) is 3.20. The number of hydrogen-bond acceptors (Lipinski definition) is 6. The van der Waals surface area contributed by atoms with Gasteiger partial charge in [-0.15, -0.1) is 11.8 Å². The fraction of sp³-hybridized carbons (Fsp3) is 0.381. The van der Waals surface area contributed by atoms with Crippen LogP contribution < -0.4 is 15.0 Å². The van der Waals surface area contributed by atoms with Crippen molar-refractivity contribution in [3.8, 4) is 5.75 Å². The molecule has 1 aliphatic rings. The van der Waals surface area contributed by atoms with Gasteiger partial charge in [-0.05, 0) is 42.7 Å². The first-order valence-electron chi connectivity index (χ1n) is 9.37. The van der Waals surface area contributed by atoms with Gasteiger partial charge in [0.2, 0.25) is 0 Å². The fourth-order valence-electron chi connectivity index (χ4n) is 3.18. The van der Waals surface area contributed by atoms with Crippen molar-refractivity contribution < 1.29 is 9.15 Å². The Labute approximate surface area is 164 Å². The lowest BCUT2D eigenvalue weighted by Gasteiger charge is -2.14. The third-order valence-electron chi connectivity index (χ3n) is 4.71. The topological polar surface area (TPSA) is 50.5 Å². The van der Waals surface area contributed by atoms with Gasteiger partial charge in [0.1, 0.15) is 11.3 Å². The highest BCUT2D eigenvalue weighted by molar-refractivity contribution is 7.99. The van der Waals surface area contributed by atoms with Gasteiger partial charge < -0.3 is 19.4 Å². The highest BCUT2D eigenvalue weighted by atomic mass is 32.2. The third-order valence-corrected chi connectivity index (χ3v) is 5.72. The maximum atomic E-state index is 5.88. The van der Waals surface area contributed by atoms with E-state index >= 15 is 0 Å². The van der Waals surface area contributed by atoms with Crippen LogP contribution in [0.15, 0.2) is 52.9 Å². The van der Waals surface area contributed by atoms with Crippen molar-refractivity contribution in [3.05, 3.63) is 54.1 Å². The van der Waals surface area contributed by atoms with Gasteiger partial charge in [0.25, 0.3) is 6.01 Å². The Morgan fingerprint density at radius 3 is 2.85 bits per heavy atom. The van der Waals surface area contributed by atoms with Crippen LogP contribution in [0.4, 0.5) is 6.01 Å². The number of hydrogen-bond donors (Lipinski definition) is 1. The Bertz CT molecular complexity index is 826. The molecular formula is C21H25N3O2S. The number of oxazole rings is 1. The van der Waals surface area contributed by atoms with E-state index in [0.717, 1.165) is 42.1 Å². The molecular weight excluding hydrogens is 358 g/mol. The molecule has 5 nitrogen and oxygen atoms in total. The van der Waals surface area contributed by atoms with Crippen LogP contribution >= 0.6 is 11.8 Å². The predicted molar refractivity (Wildman–Crippen MR) is 112 cm³/mol. The van der Waals surface area contributed by atoms with E-state index in [1.54, 1.807) is 0 Å². The smallest absolute Gasteiger partial charge is 0.298 e. The lowest BCUT2D eigenvalue weighted by atomic mass is 10.1. The molecule has 0 spiro atoms. The summed E-state index contributed by atoms with van der Waals surface area (Å²) in [4.78, 5) is 6.54. The van der Waals surface area contributed by atoms with Crippen LogP contribution in [0.2, 0.25) is 0 Å². The number of anilines is 1. The van der Waals surface area contributed by atoms with Gasteiger partial charge in [0.15, 0.2) is 5.58 Å². The molecule has 2 aromatic carbocycles. The molecule has 0 bridgehead atoms. The van der Waals surface area contributed by atoms with Gasteiger partial charge in [-0.3, -0.25) is 0 Å². The fourth-order valence-corrected chi connectivity index (χ4v) is 4.18. The van der Waals surface area contributed by atoms with Crippen LogP contribution in [0.5, 0.6) is 5.75 Å². The summed E-state index contributed by atoms with van der Waals surface area (Å²) >= 11 is 1.97. The normalized spacial score (nSPS) is 16.7. The molecule has 1 aliphatic heterocycles.